The Balaban J connectivity index is 2.04. The molecule has 3 heteroatoms. The lowest BCUT2D eigenvalue weighted by Gasteiger charge is -2.33. The minimum atomic E-state index is -0.907. The van der Waals surface area contributed by atoms with E-state index in [0.29, 0.717) is 6.04 Å². The molecule has 1 aliphatic heterocycles. The maximum absolute atomic E-state index is 10.5. The second-order valence-corrected chi connectivity index (χ2v) is 5.23. The van der Waals surface area contributed by atoms with E-state index in [2.05, 4.69) is 24.0 Å². The van der Waals surface area contributed by atoms with E-state index in [4.69, 9.17) is 5.11 Å². The highest BCUT2D eigenvalue weighted by Crippen LogP contribution is 2.19. The molecule has 1 atom stereocenters. The van der Waals surface area contributed by atoms with E-state index >= 15 is 0 Å². The summed E-state index contributed by atoms with van der Waals surface area (Å²) in [6.07, 6.45) is 6.72. The maximum Gasteiger partial charge on any atom is 0.328 e. The molecule has 0 aromatic heterocycles. The van der Waals surface area contributed by atoms with E-state index in [1.807, 2.05) is 12.1 Å². The van der Waals surface area contributed by atoms with Crippen LogP contribution in [0.15, 0.2) is 30.3 Å². The molecule has 3 nitrogen and oxygen atoms in total. The number of hydrogen-bond acceptors (Lipinski definition) is 2. The van der Waals surface area contributed by atoms with E-state index < -0.39 is 5.97 Å². The Morgan fingerprint density at radius 3 is 3.05 bits per heavy atom. The first kappa shape index (κ1) is 13.8. The van der Waals surface area contributed by atoms with E-state index in [0.717, 1.165) is 18.7 Å². The second-order valence-electron chi connectivity index (χ2n) is 5.23. The van der Waals surface area contributed by atoms with E-state index in [-0.39, 0.29) is 0 Å². The molecule has 0 radical (unpaired) electrons. The zero-order chi connectivity index (χ0) is 13.7. The van der Waals surface area contributed by atoms with Gasteiger partial charge in [-0.05, 0) is 43.5 Å². The van der Waals surface area contributed by atoms with Crippen molar-refractivity contribution in [3.63, 3.8) is 0 Å². The number of aliphatic carboxylic acids is 1. The molecule has 1 aromatic carbocycles. The molecule has 1 unspecified atom stereocenters. The summed E-state index contributed by atoms with van der Waals surface area (Å²) in [4.78, 5) is 13.0. The van der Waals surface area contributed by atoms with Crippen molar-refractivity contribution in [1.82, 2.24) is 4.90 Å². The molecule has 0 bridgehead atoms. The van der Waals surface area contributed by atoms with Crippen molar-refractivity contribution in [2.75, 3.05) is 6.54 Å². The summed E-state index contributed by atoms with van der Waals surface area (Å²) in [6.45, 7) is 4.40. The third kappa shape index (κ3) is 4.21. The number of benzene rings is 1. The Morgan fingerprint density at radius 2 is 2.32 bits per heavy atom. The minimum absolute atomic E-state index is 0.645. The highest BCUT2D eigenvalue weighted by molar-refractivity contribution is 5.85. The lowest BCUT2D eigenvalue weighted by molar-refractivity contribution is -0.131. The van der Waals surface area contributed by atoms with Gasteiger partial charge in [-0.25, -0.2) is 4.79 Å². The minimum Gasteiger partial charge on any atom is -0.478 e. The van der Waals surface area contributed by atoms with Crippen LogP contribution in [0.25, 0.3) is 6.08 Å². The monoisotopic (exact) mass is 259 g/mol. The number of likely N-dealkylation sites (tertiary alicyclic amines) is 1. The number of carboxylic acid groups (broad SMARTS) is 1. The summed E-state index contributed by atoms with van der Waals surface area (Å²) in [6, 6.07) is 8.75. The average molecular weight is 259 g/mol. The van der Waals surface area contributed by atoms with Gasteiger partial charge >= 0.3 is 5.97 Å². The molecule has 1 saturated heterocycles. The van der Waals surface area contributed by atoms with Gasteiger partial charge in [0, 0.05) is 18.7 Å². The van der Waals surface area contributed by atoms with Crippen molar-refractivity contribution in [2.24, 2.45) is 0 Å². The molecule has 1 fully saturated rings. The van der Waals surface area contributed by atoms with Crippen molar-refractivity contribution in [3.05, 3.63) is 41.5 Å². The molecule has 0 saturated carbocycles. The normalized spacial score (nSPS) is 20.8. The van der Waals surface area contributed by atoms with Crippen molar-refractivity contribution in [3.8, 4) is 0 Å². The number of carboxylic acids is 1. The third-order valence-electron chi connectivity index (χ3n) is 3.70. The standard InChI is InChI=1S/C16H21NO2/c1-13-5-2-3-10-17(13)12-15-7-4-6-14(11-15)8-9-16(18)19/h4,6-9,11,13H,2-3,5,10,12H2,1H3,(H,18,19)/b9-8+. The molecule has 102 valence electrons. The number of piperidine rings is 1. The van der Waals surface area contributed by atoms with E-state index in [1.54, 1.807) is 6.08 Å². The predicted molar refractivity (Wildman–Crippen MR) is 76.8 cm³/mol. The first-order chi connectivity index (χ1) is 9.15. The van der Waals surface area contributed by atoms with Crippen molar-refractivity contribution in [2.45, 2.75) is 38.8 Å². The van der Waals surface area contributed by atoms with Gasteiger partial charge in [-0.15, -0.1) is 0 Å². The van der Waals surface area contributed by atoms with Gasteiger partial charge in [-0.2, -0.15) is 0 Å². The number of hydrogen-bond donors (Lipinski definition) is 1. The molecule has 0 spiro atoms. The van der Waals surface area contributed by atoms with Crippen LogP contribution in [0.4, 0.5) is 0 Å². The lowest BCUT2D eigenvalue weighted by atomic mass is 10.0. The van der Waals surface area contributed by atoms with Crippen molar-refractivity contribution < 1.29 is 9.90 Å². The second kappa shape index (κ2) is 6.53. The molecule has 1 aromatic rings. The molecule has 1 N–H and O–H groups in total. The molecule has 19 heavy (non-hydrogen) atoms. The maximum atomic E-state index is 10.5. The number of rotatable bonds is 4. The highest BCUT2D eigenvalue weighted by atomic mass is 16.4. The van der Waals surface area contributed by atoms with Gasteiger partial charge in [0.15, 0.2) is 0 Å². The Kier molecular flexibility index (Phi) is 4.74. The Morgan fingerprint density at radius 1 is 1.47 bits per heavy atom. The zero-order valence-corrected chi connectivity index (χ0v) is 11.4. The summed E-state index contributed by atoms with van der Waals surface area (Å²) >= 11 is 0. The van der Waals surface area contributed by atoms with Gasteiger partial charge in [0.05, 0.1) is 0 Å². The quantitative estimate of drug-likeness (QED) is 0.844. The summed E-state index contributed by atoms with van der Waals surface area (Å²) in [5, 5.41) is 8.64. The summed E-state index contributed by atoms with van der Waals surface area (Å²) in [5.74, 6) is -0.907. The van der Waals surface area contributed by atoms with E-state index in [9.17, 15) is 4.79 Å². The Labute approximate surface area is 114 Å². The van der Waals surface area contributed by atoms with Crippen molar-refractivity contribution >= 4 is 12.0 Å². The lowest BCUT2D eigenvalue weighted by Crippen LogP contribution is -2.36. The molecule has 1 heterocycles. The molecular formula is C16H21NO2. The van der Waals surface area contributed by atoms with Gasteiger partial charge in [0.2, 0.25) is 0 Å². The fraction of sp³-hybridized carbons (Fsp3) is 0.438. The smallest absolute Gasteiger partial charge is 0.328 e. The summed E-state index contributed by atoms with van der Waals surface area (Å²) in [7, 11) is 0. The van der Waals surface area contributed by atoms with Crippen LogP contribution >= 0.6 is 0 Å². The molecule has 0 aliphatic carbocycles. The van der Waals surface area contributed by atoms with Crippen LogP contribution in [0.3, 0.4) is 0 Å². The van der Waals surface area contributed by atoms with Crippen LogP contribution in [-0.4, -0.2) is 28.6 Å². The highest BCUT2D eigenvalue weighted by Gasteiger charge is 2.17. The zero-order valence-electron chi connectivity index (χ0n) is 11.4. The van der Waals surface area contributed by atoms with Gasteiger partial charge in [-0.3, -0.25) is 4.90 Å². The Bertz CT molecular complexity index is 468. The fourth-order valence-electron chi connectivity index (χ4n) is 2.59. The number of nitrogens with zero attached hydrogens (tertiary/aromatic N) is 1. The van der Waals surface area contributed by atoms with Crippen LogP contribution in [0.5, 0.6) is 0 Å². The van der Waals surface area contributed by atoms with Gasteiger partial charge in [0.25, 0.3) is 0 Å². The SMILES string of the molecule is CC1CCCCN1Cc1cccc(/C=C/C(=O)O)c1. The van der Waals surface area contributed by atoms with Crippen LogP contribution in [0, 0.1) is 0 Å². The molecule has 0 amide bonds. The first-order valence-corrected chi connectivity index (χ1v) is 6.89. The molecule has 1 aliphatic rings. The van der Waals surface area contributed by atoms with Gasteiger partial charge < -0.3 is 5.11 Å². The van der Waals surface area contributed by atoms with Crippen molar-refractivity contribution in [1.29, 1.82) is 0 Å². The van der Waals surface area contributed by atoms with Gasteiger partial charge in [0.1, 0.15) is 0 Å². The fourth-order valence-corrected chi connectivity index (χ4v) is 2.59. The Hall–Kier alpha value is -1.61. The number of carbonyl (C=O) groups is 1. The first-order valence-electron chi connectivity index (χ1n) is 6.89. The topological polar surface area (TPSA) is 40.5 Å². The van der Waals surface area contributed by atoms with Crippen LogP contribution in [-0.2, 0) is 11.3 Å². The molecular weight excluding hydrogens is 238 g/mol. The van der Waals surface area contributed by atoms with Crippen LogP contribution in [0.1, 0.15) is 37.3 Å². The summed E-state index contributed by atoms with van der Waals surface area (Å²) < 4.78 is 0. The van der Waals surface area contributed by atoms with E-state index in [1.165, 1.54) is 30.9 Å². The molecule has 2 rings (SSSR count). The summed E-state index contributed by atoms with van der Waals surface area (Å²) in [5.41, 5.74) is 2.20. The van der Waals surface area contributed by atoms with Crippen LogP contribution < -0.4 is 0 Å². The predicted octanol–water partition coefficient (Wildman–Crippen LogP) is 3.16. The third-order valence-corrected chi connectivity index (χ3v) is 3.70. The van der Waals surface area contributed by atoms with Crippen LogP contribution in [0.2, 0.25) is 0 Å². The average Bonchev–Trinajstić information content (AvgIpc) is 2.40. The largest absolute Gasteiger partial charge is 0.478 e. The van der Waals surface area contributed by atoms with Gasteiger partial charge in [-0.1, -0.05) is 30.7 Å².